The molecule has 0 atom stereocenters. The van der Waals surface area contributed by atoms with Gasteiger partial charge in [-0.2, -0.15) is 10.2 Å². The zero-order chi connectivity index (χ0) is 13.0. The Morgan fingerprint density at radius 3 is 2.83 bits per heavy atom. The minimum atomic E-state index is 0.765. The molecule has 2 heterocycles. The third-order valence-electron chi connectivity index (χ3n) is 2.95. The van der Waals surface area contributed by atoms with Gasteiger partial charge in [-0.1, -0.05) is 6.92 Å². The average molecular weight is 247 g/mol. The van der Waals surface area contributed by atoms with E-state index in [0.29, 0.717) is 0 Å². The number of aryl methyl sites for hydroxylation is 3. The van der Waals surface area contributed by atoms with Crippen molar-refractivity contribution in [1.82, 2.24) is 19.6 Å². The summed E-state index contributed by atoms with van der Waals surface area (Å²) in [6.07, 6.45) is 5.01. The average Bonchev–Trinajstić information content (AvgIpc) is 2.94. The third-order valence-corrected chi connectivity index (χ3v) is 2.95. The lowest BCUT2D eigenvalue weighted by Gasteiger charge is -2.07. The molecule has 2 aromatic heterocycles. The van der Waals surface area contributed by atoms with Gasteiger partial charge in [-0.3, -0.25) is 9.36 Å². The van der Waals surface area contributed by atoms with Gasteiger partial charge in [0, 0.05) is 31.0 Å². The van der Waals surface area contributed by atoms with E-state index in [9.17, 15) is 0 Å². The molecule has 0 bridgehead atoms. The molecular weight excluding hydrogens is 226 g/mol. The molecule has 0 amide bonds. The number of anilines is 1. The number of nitrogens with zero attached hydrogens (tertiary/aromatic N) is 4. The van der Waals surface area contributed by atoms with Gasteiger partial charge in [-0.05, 0) is 26.3 Å². The standard InChI is InChI=1S/C13H21N5/c1-4-8-18-12(6-7-15-18)9-14-13-11(3)10-17(5-2)16-13/h6-7,10H,4-5,8-9H2,1-3H3,(H,14,16). The topological polar surface area (TPSA) is 47.7 Å². The van der Waals surface area contributed by atoms with Crippen LogP contribution in [0.5, 0.6) is 0 Å². The fraction of sp³-hybridized carbons (Fsp3) is 0.538. The van der Waals surface area contributed by atoms with Crippen molar-refractivity contribution in [1.29, 1.82) is 0 Å². The van der Waals surface area contributed by atoms with E-state index in [1.807, 2.05) is 15.6 Å². The fourth-order valence-electron chi connectivity index (χ4n) is 1.96. The summed E-state index contributed by atoms with van der Waals surface area (Å²) in [5.41, 5.74) is 2.38. The molecule has 0 saturated heterocycles. The first kappa shape index (κ1) is 12.7. The number of rotatable bonds is 6. The minimum Gasteiger partial charge on any atom is -0.363 e. The van der Waals surface area contributed by atoms with Crippen molar-refractivity contribution in [3.8, 4) is 0 Å². The van der Waals surface area contributed by atoms with Crippen molar-refractivity contribution in [3.63, 3.8) is 0 Å². The van der Waals surface area contributed by atoms with Crippen molar-refractivity contribution in [2.45, 2.75) is 46.8 Å². The highest BCUT2D eigenvalue weighted by Crippen LogP contribution is 2.13. The summed E-state index contributed by atoms with van der Waals surface area (Å²) in [7, 11) is 0. The second-order valence-corrected chi connectivity index (χ2v) is 4.42. The van der Waals surface area contributed by atoms with Gasteiger partial charge in [0.05, 0.1) is 12.2 Å². The Morgan fingerprint density at radius 2 is 2.17 bits per heavy atom. The summed E-state index contributed by atoms with van der Waals surface area (Å²) >= 11 is 0. The predicted molar refractivity (Wildman–Crippen MR) is 72.5 cm³/mol. The molecule has 1 N–H and O–H groups in total. The van der Waals surface area contributed by atoms with E-state index in [-0.39, 0.29) is 0 Å². The van der Waals surface area contributed by atoms with E-state index in [2.05, 4.69) is 48.5 Å². The van der Waals surface area contributed by atoms with E-state index in [0.717, 1.165) is 31.9 Å². The zero-order valence-electron chi connectivity index (χ0n) is 11.3. The summed E-state index contributed by atoms with van der Waals surface area (Å²) < 4.78 is 3.99. The summed E-state index contributed by atoms with van der Waals surface area (Å²) in [5, 5.41) is 12.2. The van der Waals surface area contributed by atoms with Gasteiger partial charge < -0.3 is 5.32 Å². The minimum absolute atomic E-state index is 0.765. The van der Waals surface area contributed by atoms with E-state index in [1.54, 1.807) is 0 Å². The molecule has 0 spiro atoms. The van der Waals surface area contributed by atoms with Crippen LogP contribution in [0.3, 0.4) is 0 Å². The fourth-order valence-corrected chi connectivity index (χ4v) is 1.96. The maximum atomic E-state index is 4.48. The zero-order valence-corrected chi connectivity index (χ0v) is 11.3. The Bertz CT molecular complexity index is 497. The van der Waals surface area contributed by atoms with Crippen LogP contribution in [-0.2, 0) is 19.6 Å². The molecule has 5 nitrogen and oxygen atoms in total. The number of hydrogen-bond donors (Lipinski definition) is 1. The van der Waals surface area contributed by atoms with Crippen LogP contribution in [0, 0.1) is 6.92 Å². The van der Waals surface area contributed by atoms with Gasteiger partial charge in [0.25, 0.3) is 0 Å². The summed E-state index contributed by atoms with van der Waals surface area (Å²) in [6, 6.07) is 2.05. The van der Waals surface area contributed by atoms with Crippen LogP contribution in [0.4, 0.5) is 5.82 Å². The van der Waals surface area contributed by atoms with Gasteiger partial charge in [-0.25, -0.2) is 0 Å². The maximum Gasteiger partial charge on any atom is 0.151 e. The molecule has 0 radical (unpaired) electrons. The Hall–Kier alpha value is -1.78. The maximum absolute atomic E-state index is 4.48. The highest BCUT2D eigenvalue weighted by Gasteiger charge is 2.06. The van der Waals surface area contributed by atoms with Crippen molar-refractivity contribution < 1.29 is 0 Å². The number of hydrogen-bond acceptors (Lipinski definition) is 3. The van der Waals surface area contributed by atoms with E-state index in [4.69, 9.17) is 0 Å². The van der Waals surface area contributed by atoms with E-state index < -0.39 is 0 Å². The van der Waals surface area contributed by atoms with Crippen LogP contribution in [-0.4, -0.2) is 19.6 Å². The molecule has 2 aromatic rings. The second-order valence-electron chi connectivity index (χ2n) is 4.42. The van der Waals surface area contributed by atoms with E-state index in [1.165, 1.54) is 11.3 Å². The van der Waals surface area contributed by atoms with Crippen LogP contribution in [0.25, 0.3) is 0 Å². The Labute approximate surface area is 108 Å². The Balaban J connectivity index is 2.02. The first-order chi connectivity index (χ1) is 8.74. The van der Waals surface area contributed by atoms with Crippen LogP contribution in [0.2, 0.25) is 0 Å². The molecule has 0 unspecified atom stereocenters. The van der Waals surface area contributed by atoms with Crippen molar-refractivity contribution in [2.24, 2.45) is 0 Å². The first-order valence-corrected chi connectivity index (χ1v) is 6.53. The van der Waals surface area contributed by atoms with Crippen molar-refractivity contribution >= 4 is 5.82 Å². The molecule has 5 heteroatoms. The Kier molecular flexibility index (Phi) is 4.02. The molecule has 0 aromatic carbocycles. The van der Waals surface area contributed by atoms with Gasteiger partial charge in [0.15, 0.2) is 5.82 Å². The van der Waals surface area contributed by atoms with Gasteiger partial charge in [0.2, 0.25) is 0 Å². The Morgan fingerprint density at radius 1 is 1.33 bits per heavy atom. The monoisotopic (exact) mass is 247 g/mol. The third kappa shape index (κ3) is 2.72. The van der Waals surface area contributed by atoms with Gasteiger partial charge >= 0.3 is 0 Å². The lowest BCUT2D eigenvalue weighted by molar-refractivity contribution is 0.578. The highest BCUT2D eigenvalue weighted by molar-refractivity contribution is 5.42. The lowest BCUT2D eigenvalue weighted by atomic mass is 10.3. The molecule has 0 aliphatic heterocycles. The number of aromatic nitrogens is 4. The number of nitrogens with one attached hydrogen (secondary N) is 1. The van der Waals surface area contributed by atoms with Crippen molar-refractivity contribution in [2.75, 3.05) is 5.32 Å². The normalized spacial score (nSPS) is 10.8. The first-order valence-electron chi connectivity index (χ1n) is 6.53. The largest absolute Gasteiger partial charge is 0.363 e. The summed E-state index contributed by atoms with van der Waals surface area (Å²) in [5.74, 6) is 0.959. The highest BCUT2D eigenvalue weighted by atomic mass is 15.3. The van der Waals surface area contributed by atoms with Crippen LogP contribution in [0.1, 0.15) is 31.5 Å². The molecular formula is C13H21N5. The summed E-state index contributed by atoms with van der Waals surface area (Å²) in [6.45, 7) is 8.95. The summed E-state index contributed by atoms with van der Waals surface area (Å²) in [4.78, 5) is 0. The molecule has 0 aliphatic rings. The SMILES string of the molecule is CCCn1nccc1CNc1nn(CC)cc1C. The molecule has 2 rings (SSSR count). The van der Waals surface area contributed by atoms with E-state index >= 15 is 0 Å². The molecule has 0 fully saturated rings. The lowest BCUT2D eigenvalue weighted by Crippen LogP contribution is -2.09. The van der Waals surface area contributed by atoms with Crippen LogP contribution >= 0.6 is 0 Å². The molecule has 0 saturated carbocycles. The van der Waals surface area contributed by atoms with Crippen LogP contribution < -0.4 is 5.32 Å². The molecule has 98 valence electrons. The quantitative estimate of drug-likeness (QED) is 0.853. The molecule has 18 heavy (non-hydrogen) atoms. The second kappa shape index (κ2) is 5.71. The van der Waals surface area contributed by atoms with Gasteiger partial charge in [-0.15, -0.1) is 0 Å². The van der Waals surface area contributed by atoms with Gasteiger partial charge in [0.1, 0.15) is 0 Å². The molecule has 0 aliphatic carbocycles. The van der Waals surface area contributed by atoms with Crippen LogP contribution in [0.15, 0.2) is 18.5 Å². The predicted octanol–water partition coefficient (Wildman–Crippen LogP) is 2.43. The van der Waals surface area contributed by atoms with Crippen molar-refractivity contribution in [3.05, 3.63) is 29.7 Å². The smallest absolute Gasteiger partial charge is 0.151 e.